The van der Waals surface area contributed by atoms with Gasteiger partial charge in [-0.3, -0.25) is 4.79 Å². The summed E-state index contributed by atoms with van der Waals surface area (Å²) in [5, 5.41) is 8.29. The molecule has 0 aliphatic carbocycles. The van der Waals surface area contributed by atoms with Crippen molar-refractivity contribution in [3.8, 4) is 0 Å². The predicted molar refractivity (Wildman–Crippen MR) is 118 cm³/mol. The molecule has 2 aromatic heterocycles. The van der Waals surface area contributed by atoms with Crippen molar-refractivity contribution in [2.75, 3.05) is 39.5 Å². The van der Waals surface area contributed by atoms with Gasteiger partial charge in [-0.1, -0.05) is 12.1 Å². The minimum atomic E-state index is -0.977. The highest BCUT2D eigenvalue weighted by molar-refractivity contribution is 9.10. The van der Waals surface area contributed by atoms with Crippen LogP contribution < -0.4 is 0 Å². The molecule has 9 nitrogen and oxygen atoms in total. The number of pyridine rings is 2. The molecule has 11 heteroatoms. The lowest BCUT2D eigenvalue weighted by Gasteiger charge is -2.26. The maximum absolute atomic E-state index is 11.8. The predicted octanol–water partition coefficient (Wildman–Crippen LogP) is 2.66. The fourth-order valence-electron chi connectivity index (χ4n) is 2.45. The van der Waals surface area contributed by atoms with E-state index < -0.39 is 5.97 Å². The Labute approximate surface area is 197 Å². The first-order valence-corrected chi connectivity index (χ1v) is 11.0. The summed E-state index contributed by atoms with van der Waals surface area (Å²) < 4.78 is 16.9. The third kappa shape index (κ3) is 10.8. The SMILES string of the molecule is O=C(COCc1cccc(Br)n1)N1CCOCC1.O=C(O)COCc1cccc(Br)n1. The lowest BCUT2D eigenvalue weighted by molar-refractivity contribution is -0.142. The molecule has 0 atom stereocenters. The van der Waals surface area contributed by atoms with Gasteiger partial charge in [-0.25, -0.2) is 14.8 Å². The molecule has 31 heavy (non-hydrogen) atoms. The fraction of sp³-hybridized carbons (Fsp3) is 0.400. The van der Waals surface area contributed by atoms with Crippen molar-refractivity contribution in [2.45, 2.75) is 13.2 Å². The zero-order chi connectivity index (χ0) is 22.5. The van der Waals surface area contributed by atoms with Crippen LogP contribution in [-0.4, -0.2) is 71.4 Å². The van der Waals surface area contributed by atoms with Gasteiger partial charge >= 0.3 is 5.97 Å². The summed E-state index contributed by atoms with van der Waals surface area (Å²) in [6.07, 6.45) is 0. The van der Waals surface area contributed by atoms with E-state index in [4.69, 9.17) is 19.3 Å². The van der Waals surface area contributed by atoms with Gasteiger partial charge < -0.3 is 24.2 Å². The Kier molecular flexibility index (Phi) is 11.6. The van der Waals surface area contributed by atoms with Crippen LogP contribution in [0.4, 0.5) is 0 Å². The number of aliphatic carboxylic acids is 1. The Morgan fingerprint density at radius 2 is 1.45 bits per heavy atom. The van der Waals surface area contributed by atoms with Crippen LogP contribution in [0, 0.1) is 0 Å². The maximum atomic E-state index is 11.8. The van der Waals surface area contributed by atoms with Gasteiger partial charge in [-0.05, 0) is 56.1 Å². The standard InChI is InChI=1S/C12H15BrN2O3.C8H8BrNO3/c13-11-3-1-2-10(14-11)8-18-9-12(16)15-4-6-17-7-5-15;9-7-3-1-2-6(10-7)4-13-5-8(11)12/h1-3H,4-9H2;1-3H,4-5H2,(H,11,12). The van der Waals surface area contributed by atoms with E-state index >= 15 is 0 Å². The van der Waals surface area contributed by atoms with Crippen LogP contribution in [-0.2, 0) is 37.0 Å². The highest BCUT2D eigenvalue weighted by Gasteiger charge is 2.16. The van der Waals surface area contributed by atoms with Crippen molar-refractivity contribution in [1.29, 1.82) is 0 Å². The Balaban J connectivity index is 0.000000233. The van der Waals surface area contributed by atoms with Gasteiger partial charge in [0, 0.05) is 13.1 Å². The van der Waals surface area contributed by atoms with Crippen LogP contribution in [0.1, 0.15) is 11.4 Å². The maximum Gasteiger partial charge on any atom is 0.329 e. The summed E-state index contributed by atoms with van der Waals surface area (Å²) in [4.78, 5) is 31.9. The van der Waals surface area contributed by atoms with Crippen LogP contribution in [0.5, 0.6) is 0 Å². The average molecular weight is 561 g/mol. The zero-order valence-corrected chi connectivity index (χ0v) is 19.9. The number of aromatic nitrogens is 2. The lowest BCUT2D eigenvalue weighted by atomic mass is 10.4. The molecule has 3 rings (SSSR count). The number of ether oxygens (including phenoxy) is 3. The second-order valence-corrected chi connectivity index (χ2v) is 7.90. The molecule has 0 bridgehead atoms. The van der Waals surface area contributed by atoms with Crippen LogP contribution in [0.3, 0.4) is 0 Å². The van der Waals surface area contributed by atoms with Crippen molar-refractivity contribution in [3.05, 3.63) is 57.0 Å². The Morgan fingerprint density at radius 1 is 0.935 bits per heavy atom. The van der Waals surface area contributed by atoms with Crippen molar-refractivity contribution < 1.29 is 28.9 Å². The van der Waals surface area contributed by atoms with E-state index in [9.17, 15) is 9.59 Å². The number of rotatable bonds is 8. The molecule has 0 spiro atoms. The molecule has 0 radical (unpaired) electrons. The first kappa shape index (κ1) is 25.3. The number of hydrogen-bond acceptors (Lipinski definition) is 7. The number of morpholine rings is 1. The number of nitrogens with zero attached hydrogens (tertiary/aromatic N) is 3. The largest absolute Gasteiger partial charge is 0.480 e. The van der Waals surface area contributed by atoms with E-state index in [0.717, 1.165) is 10.3 Å². The molecule has 2 aromatic rings. The van der Waals surface area contributed by atoms with Crippen molar-refractivity contribution in [3.63, 3.8) is 0 Å². The van der Waals surface area contributed by atoms with Crippen LogP contribution >= 0.6 is 31.9 Å². The molecular formula is C20H23Br2N3O6. The molecule has 0 unspecified atom stereocenters. The summed E-state index contributed by atoms with van der Waals surface area (Å²) in [5.41, 5.74) is 1.51. The highest BCUT2D eigenvalue weighted by atomic mass is 79.9. The monoisotopic (exact) mass is 559 g/mol. The molecule has 1 fully saturated rings. The second kappa shape index (κ2) is 14.2. The number of hydrogen-bond donors (Lipinski definition) is 1. The van der Waals surface area contributed by atoms with Gasteiger partial charge in [-0.2, -0.15) is 0 Å². The molecule has 1 saturated heterocycles. The Morgan fingerprint density at radius 3 is 1.94 bits per heavy atom. The van der Waals surface area contributed by atoms with Gasteiger partial charge in [0.2, 0.25) is 5.91 Å². The topological polar surface area (TPSA) is 111 Å². The van der Waals surface area contributed by atoms with Crippen molar-refractivity contribution >= 4 is 43.7 Å². The first-order chi connectivity index (χ1) is 14.9. The molecular weight excluding hydrogens is 538 g/mol. The zero-order valence-electron chi connectivity index (χ0n) is 16.7. The summed E-state index contributed by atoms with van der Waals surface area (Å²) >= 11 is 6.49. The molecule has 1 N–H and O–H groups in total. The number of amides is 1. The molecule has 1 amide bonds. The second-order valence-electron chi connectivity index (χ2n) is 6.28. The van der Waals surface area contributed by atoms with Gasteiger partial charge in [0.15, 0.2) is 0 Å². The molecule has 0 saturated carbocycles. The van der Waals surface area contributed by atoms with Gasteiger partial charge in [-0.15, -0.1) is 0 Å². The van der Waals surface area contributed by atoms with E-state index in [1.54, 1.807) is 17.0 Å². The number of carbonyl (C=O) groups is 2. The third-order valence-electron chi connectivity index (χ3n) is 3.86. The summed E-state index contributed by atoms with van der Waals surface area (Å²) in [6.45, 7) is 2.87. The fourth-order valence-corrected chi connectivity index (χ4v) is 3.21. The first-order valence-electron chi connectivity index (χ1n) is 9.39. The third-order valence-corrected chi connectivity index (χ3v) is 4.74. The van der Waals surface area contributed by atoms with Crippen LogP contribution in [0.25, 0.3) is 0 Å². The molecule has 3 heterocycles. The van der Waals surface area contributed by atoms with E-state index in [-0.39, 0.29) is 25.7 Å². The van der Waals surface area contributed by atoms with Crippen LogP contribution in [0.15, 0.2) is 45.6 Å². The van der Waals surface area contributed by atoms with E-state index in [0.29, 0.717) is 43.2 Å². The lowest BCUT2D eigenvalue weighted by Crippen LogP contribution is -2.42. The highest BCUT2D eigenvalue weighted by Crippen LogP contribution is 2.08. The Bertz CT molecular complexity index is 849. The number of carbonyl (C=O) groups excluding carboxylic acids is 1. The average Bonchev–Trinajstić information content (AvgIpc) is 2.75. The summed E-state index contributed by atoms with van der Waals surface area (Å²) in [6, 6.07) is 11.0. The van der Waals surface area contributed by atoms with E-state index in [2.05, 4.69) is 41.8 Å². The number of halogens is 2. The van der Waals surface area contributed by atoms with Gasteiger partial charge in [0.25, 0.3) is 0 Å². The molecule has 1 aliphatic heterocycles. The molecule has 1 aliphatic rings. The van der Waals surface area contributed by atoms with E-state index in [1.807, 2.05) is 24.3 Å². The normalized spacial score (nSPS) is 13.3. The minimum absolute atomic E-state index is 0.00768. The van der Waals surface area contributed by atoms with Crippen molar-refractivity contribution in [1.82, 2.24) is 14.9 Å². The smallest absolute Gasteiger partial charge is 0.329 e. The quantitative estimate of drug-likeness (QED) is 0.491. The summed E-state index contributed by atoms with van der Waals surface area (Å²) in [5.74, 6) is -0.969. The number of carboxylic acids is 1. The molecule has 168 valence electrons. The number of carboxylic acid groups (broad SMARTS) is 1. The van der Waals surface area contributed by atoms with Gasteiger partial charge in [0.05, 0.1) is 37.8 Å². The van der Waals surface area contributed by atoms with Crippen molar-refractivity contribution in [2.24, 2.45) is 0 Å². The Hall–Kier alpha value is -1.92. The van der Waals surface area contributed by atoms with E-state index in [1.165, 1.54) is 0 Å². The summed E-state index contributed by atoms with van der Waals surface area (Å²) in [7, 11) is 0. The minimum Gasteiger partial charge on any atom is -0.480 e. The van der Waals surface area contributed by atoms with Gasteiger partial charge in [0.1, 0.15) is 22.4 Å². The molecule has 0 aromatic carbocycles. The van der Waals surface area contributed by atoms with Crippen LogP contribution in [0.2, 0.25) is 0 Å².